The van der Waals surface area contributed by atoms with Crippen molar-refractivity contribution in [2.75, 3.05) is 19.6 Å². The van der Waals surface area contributed by atoms with Crippen molar-refractivity contribution >= 4 is 10.0 Å². The van der Waals surface area contributed by atoms with Gasteiger partial charge in [-0.05, 0) is 19.0 Å². The molecule has 0 bridgehead atoms. The molecule has 1 aromatic carbocycles. The van der Waals surface area contributed by atoms with Gasteiger partial charge in [-0.3, -0.25) is 0 Å². The van der Waals surface area contributed by atoms with Gasteiger partial charge < -0.3 is 5.32 Å². The van der Waals surface area contributed by atoms with Gasteiger partial charge in [-0.2, -0.15) is 0 Å². The molecule has 0 aromatic heterocycles. The summed E-state index contributed by atoms with van der Waals surface area (Å²) in [5, 5.41) is 3.16. The van der Waals surface area contributed by atoms with Gasteiger partial charge in [0.2, 0.25) is 10.0 Å². The van der Waals surface area contributed by atoms with Gasteiger partial charge in [0.15, 0.2) is 0 Å². The van der Waals surface area contributed by atoms with E-state index in [1.54, 1.807) is 12.1 Å². The van der Waals surface area contributed by atoms with E-state index >= 15 is 0 Å². The van der Waals surface area contributed by atoms with Gasteiger partial charge in [0, 0.05) is 18.7 Å². The maximum Gasteiger partial charge on any atom is 0.216 e. The molecule has 0 amide bonds. The van der Waals surface area contributed by atoms with Crippen LogP contribution in [0.25, 0.3) is 0 Å². The van der Waals surface area contributed by atoms with E-state index in [2.05, 4.69) is 10.0 Å². The van der Waals surface area contributed by atoms with E-state index in [9.17, 15) is 12.8 Å². The van der Waals surface area contributed by atoms with Crippen LogP contribution in [0.4, 0.5) is 4.39 Å². The van der Waals surface area contributed by atoms with Crippen LogP contribution in [0.15, 0.2) is 35.9 Å². The van der Waals surface area contributed by atoms with Crippen molar-refractivity contribution < 1.29 is 12.8 Å². The molecule has 0 radical (unpaired) electrons. The molecule has 104 valence electrons. The molecule has 0 fully saturated rings. The van der Waals surface area contributed by atoms with Crippen molar-refractivity contribution in [3.8, 4) is 0 Å². The highest BCUT2D eigenvalue weighted by molar-refractivity contribution is 7.88. The van der Waals surface area contributed by atoms with Crippen LogP contribution >= 0.6 is 0 Å². The summed E-state index contributed by atoms with van der Waals surface area (Å²) in [6.07, 6.45) is 2.82. The Hall–Kier alpha value is -1.24. The quantitative estimate of drug-likeness (QED) is 0.798. The van der Waals surface area contributed by atoms with Crippen molar-refractivity contribution in [2.24, 2.45) is 0 Å². The third-order valence-electron chi connectivity index (χ3n) is 2.98. The zero-order chi connectivity index (χ0) is 13.7. The molecule has 0 atom stereocenters. The first kappa shape index (κ1) is 14.2. The third kappa shape index (κ3) is 4.41. The Morgan fingerprint density at radius 1 is 1.32 bits per heavy atom. The molecule has 19 heavy (non-hydrogen) atoms. The highest BCUT2D eigenvalue weighted by Crippen LogP contribution is 2.10. The predicted octanol–water partition coefficient (Wildman–Crippen LogP) is 1.16. The Labute approximate surface area is 112 Å². The molecule has 0 spiro atoms. The molecule has 4 nitrogen and oxygen atoms in total. The Morgan fingerprint density at radius 3 is 2.79 bits per heavy atom. The largest absolute Gasteiger partial charge is 0.313 e. The standard InChI is InChI=1S/C13H17FN2O2S/c14-13-4-2-1-3-12(13)10-19(17,18)16-9-11-5-7-15-8-6-11/h1-5,15-16H,6-10H2. The summed E-state index contributed by atoms with van der Waals surface area (Å²) in [4.78, 5) is 0. The lowest BCUT2D eigenvalue weighted by Gasteiger charge is -2.14. The highest BCUT2D eigenvalue weighted by atomic mass is 32.2. The molecule has 1 aromatic rings. The molecule has 0 aliphatic carbocycles. The molecule has 0 saturated carbocycles. The van der Waals surface area contributed by atoms with Gasteiger partial charge in [-0.25, -0.2) is 17.5 Å². The minimum Gasteiger partial charge on any atom is -0.313 e. The summed E-state index contributed by atoms with van der Waals surface area (Å²) < 4.78 is 39.7. The van der Waals surface area contributed by atoms with Crippen LogP contribution in [-0.2, 0) is 15.8 Å². The Kier molecular flexibility index (Phi) is 4.68. The zero-order valence-electron chi connectivity index (χ0n) is 10.5. The first-order valence-electron chi connectivity index (χ1n) is 6.16. The smallest absolute Gasteiger partial charge is 0.216 e. The number of rotatable bonds is 5. The van der Waals surface area contributed by atoms with Crippen molar-refractivity contribution in [1.29, 1.82) is 0 Å². The lowest BCUT2D eigenvalue weighted by atomic mass is 10.1. The van der Waals surface area contributed by atoms with Crippen molar-refractivity contribution in [3.05, 3.63) is 47.3 Å². The minimum absolute atomic E-state index is 0.189. The summed E-state index contributed by atoms with van der Waals surface area (Å²) in [6, 6.07) is 5.92. The monoisotopic (exact) mass is 284 g/mol. The van der Waals surface area contributed by atoms with Gasteiger partial charge >= 0.3 is 0 Å². The van der Waals surface area contributed by atoms with E-state index in [1.165, 1.54) is 12.1 Å². The second-order valence-electron chi connectivity index (χ2n) is 4.49. The van der Waals surface area contributed by atoms with Crippen LogP contribution in [0, 0.1) is 5.82 Å². The fourth-order valence-electron chi connectivity index (χ4n) is 1.90. The number of hydrogen-bond donors (Lipinski definition) is 2. The molecule has 1 aliphatic rings. The predicted molar refractivity (Wildman–Crippen MR) is 72.6 cm³/mol. The highest BCUT2D eigenvalue weighted by Gasteiger charge is 2.15. The normalized spacial score (nSPS) is 16.2. The summed E-state index contributed by atoms with van der Waals surface area (Å²) in [5.74, 6) is -0.820. The van der Waals surface area contributed by atoms with Gasteiger partial charge in [0.1, 0.15) is 5.82 Å². The van der Waals surface area contributed by atoms with Crippen molar-refractivity contribution in [2.45, 2.75) is 12.2 Å². The number of nitrogens with one attached hydrogen (secondary N) is 2. The van der Waals surface area contributed by atoms with Crippen LogP contribution in [0.3, 0.4) is 0 Å². The second-order valence-corrected chi connectivity index (χ2v) is 6.29. The molecule has 0 unspecified atom stereocenters. The van der Waals surface area contributed by atoms with E-state index in [0.29, 0.717) is 6.54 Å². The van der Waals surface area contributed by atoms with Crippen LogP contribution in [0.5, 0.6) is 0 Å². The summed E-state index contributed by atoms with van der Waals surface area (Å²) in [6.45, 7) is 1.93. The Balaban J connectivity index is 1.95. The summed E-state index contributed by atoms with van der Waals surface area (Å²) in [5.41, 5.74) is 1.25. The fraction of sp³-hybridized carbons (Fsp3) is 0.385. The van der Waals surface area contributed by atoms with Gasteiger partial charge in [-0.1, -0.05) is 29.8 Å². The van der Waals surface area contributed by atoms with Gasteiger partial charge in [0.05, 0.1) is 5.75 Å². The Bertz CT molecular complexity index is 570. The average Bonchev–Trinajstić information content (AvgIpc) is 2.40. The SMILES string of the molecule is O=S(=O)(Cc1ccccc1F)NCC1=CCNCC1. The van der Waals surface area contributed by atoms with E-state index in [4.69, 9.17) is 0 Å². The van der Waals surface area contributed by atoms with Gasteiger partial charge in [0.25, 0.3) is 0 Å². The van der Waals surface area contributed by atoms with Crippen molar-refractivity contribution in [1.82, 2.24) is 10.0 Å². The molecule has 0 saturated heterocycles. The topological polar surface area (TPSA) is 58.2 Å². The second kappa shape index (κ2) is 6.27. The van der Waals surface area contributed by atoms with Crippen molar-refractivity contribution in [3.63, 3.8) is 0 Å². The van der Waals surface area contributed by atoms with E-state index in [0.717, 1.165) is 25.1 Å². The molecule has 6 heteroatoms. The molecule has 1 aliphatic heterocycles. The first-order chi connectivity index (χ1) is 9.07. The maximum absolute atomic E-state index is 13.4. The molecule has 2 rings (SSSR count). The van der Waals surface area contributed by atoms with Gasteiger partial charge in [-0.15, -0.1) is 0 Å². The maximum atomic E-state index is 13.4. The molecule has 1 heterocycles. The number of benzene rings is 1. The molecular weight excluding hydrogens is 267 g/mol. The Morgan fingerprint density at radius 2 is 2.11 bits per heavy atom. The van der Waals surface area contributed by atoms with E-state index in [-0.39, 0.29) is 11.3 Å². The zero-order valence-corrected chi connectivity index (χ0v) is 11.3. The molecular formula is C13H17FN2O2S. The summed E-state index contributed by atoms with van der Waals surface area (Å²) >= 11 is 0. The minimum atomic E-state index is -3.51. The number of hydrogen-bond acceptors (Lipinski definition) is 3. The number of halogens is 1. The number of sulfonamides is 1. The summed E-state index contributed by atoms with van der Waals surface area (Å²) in [7, 11) is -3.51. The fourth-order valence-corrected chi connectivity index (χ4v) is 3.05. The van der Waals surface area contributed by atoms with E-state index in [1.807, 2.05) is 6.08 Å². The van der Waals surface area contributed by atoms with Crippen LogP contribution in [0.2, 0.25) is 0 Å². The van der Waals surface area contributed by atoms with Crippen LogP contribution in [0.1, 0.15) is 12.0 Å². The third-order valence-corrected chi connectivity index (χ3v) is 4.26. The first-order valence-corrected chi connectivity index (χ1v) is 7.81. The average molecular weight is 284 g/mol. The van der Waals surface area contributed by atoms with Crippen LogP contribution in [-0.4, -0.2) is 28.1 Å². The van der Waals surface area contributed by atoms with E-state index < -0.39 is 15.8 Å². The van der Waals surface area contributed by atoms with Crippen LogP contribution < -0.4 is 10.0 Å². The lowest BCUT2D eigenvalue weighted by Crippen LogP contribution is -2.30. The lowest BCUT2D eigenvalue weighted by molar-refractivity contribution is 0.575. The molecule has 2 N–H and O–H groups in total.